The van der Waals surface area contributed by atoms with E-state index >= 15 is 0 Å². The molecule has 0 aliphatic carbocycles. The summed E-state index contributed by atoms with van der Waals surface area (Å²) in [5, 5.41) is 17.4. The first kappa shape index (κ1) is 29.1. The summed E-state index contributed by atoms with van der Waals surface area (Å²) in [6.07, 6.45) is -0.668. The van der Waals surface area contributed by atoms with Crippen molar-refractivity contribution < 1.29 is 32.8 Å². The average molecular weight is 547 g/mol. The molecule has 39 heavy (non-hydrogen) atoms. The number of hydrogen-bond acceptors (Lipinski definition) is 9. The van der Waals surface area contributed by atoms with Gasteiger partial charge in [-0.25, -0.2) is 23.2 Å². The first-order valence-electron chi connectivity index (χ1n) is 11.9. The minimum atomic E-state index is -3.17. The SMILES string of the molecule is CC(C)(N)C(=O)NC(CCC(F)(F)c1ccccc1)c1ncnn1CCOC(=O)Oc1ccc([N+](=O)[O-])cc1. The zero-order valence-electron chi connectivity index (χ0n) is 21.3. The van der Waals surface area contributed by atoms with Crippen molar-refractivity contribution in [3.8, 4) is 5.75 Å². The van der Waals surface area contributed by atoms with Gasteiger partial charge in [0.2, 0.25) is 5.91 Å². The number of benzene rings is 2. The number of halogens is 2. The van der Waals surface area contributed by atoms with E-state index in [1.54, 1.807) is 6.07 Å². The van der Waals surface area contributed by atoms with Crippen LogP contribution < -0.4 is 15.8 Å². The van der Waals surface area contributed by atoms with Crippen molar-refractivity contribution in [3.05, 3.63) is 82.4 Å². The molecule has 3 rings (SSSR count). The van der Waals surface area contributed by atoms with Gasteiger partial charge in [0.25, 0.3) is 11.6 Å². The second-order valence-corrected chi connectivity index (χ2v) is 9.15. The maximum absolute atomic E-state index is 14.9. The molecule has 1 unspecified atom stereocenters. The van der Waals surface area contributed by atoms with Crippen LogP contribution in [-0.2, 0) is 22.0 Å². The number of hydrogen-bond donors (Lipinski definition) is 2. The van der Waals surface area contributed by atoms with Crippen molar-refractivity contribution in [2.45, 2.75) is 50.7 Å². The van der Waals surface area contributed by atoms with E-state index in [1.807, 2.05) is 0 Å². The summed E-state index contributed by atoms with van der Waals surface area (Å²) in [6, 6.07) is 11.2. The third-order valence-electron chi connectivity index (χ3n) is 5.56. The van der Waals surface area contributed by atoms with E-state index in [0.717, 1.165) is 0 Å². The Morgan fingerprint density at radius 2 is 1.82 bits per heavy atom. The number of nitrogens with zero attached hydrogens (tertiary/aromatic N) is 4. The Morgan fingerprint density at radius 3 is 2.44 bits per heavy atom. The number of aromatic nitrogens is 3. The molecule has 208 valence electrons. The number of non-ortho nitro benzene ring substituents is 1. The molecule has 0 saturated carbocycles. The number of nitro benzene ring substituents is 1. The highest BCUT2D eigenvalue weighted by molar-refractivity contribution is 5.85. The summed E-state index contributed by atoms with van der Waals surface area (Å²) >= 11 is 0. The number of rotatable bonds is 12. The van der Waals surface area contributed by atoms with E-state index in [9.17, 15) is 28.5 Å². The number of alkyl halides is 2. The third kappa shape index (κ3) is 8.26. The lowest BCUT2D eigenvalue weighted by Crippen LogP contribution is -2.50. The molecule has 1 amide bonds. The Balaban J connectivity index is 1.65. The van der Waals surface area contributed by atoms with Gasteiger partial charge in [-0.3, -0.25) is 14.9 Å². The largest absolute Gasteiger partial charge is 0.513 e. The molecule has 0 radical (unpaired) electrons. The summed E-state index contributed by atoms with van der Waals surface area (Å²) in [5.74, 6) is -3.53. The van der Waals surface area contributed by atoms with Crippen molar-refractivity contribution >= 4 is 17.7 Å². The van der Waals surface area contributed by atoms with Crippen molar-refractivity contribution in [2.24, 2.45) is 5.73 Å². The maximum Gasteiger partial charge on any atom is 0.513 e. The quantitative estimate of drug-likeness (QED) is 0.148. The zero-order valence-corrected chi connectivity index (χ0v) is 21.3. The molecule has 1 heterocycles. The molecule has 1 aromatic heterocycles. The second kappa shape index (κ2) is 12.4. The molecule has 0 bridgehead atoms. The van der Waals surface area contributed by atoms with Crippen LogP contribution in [0.25, 0.3) is 0 Å². The van der Waals surface area contributed by atoms with Gasteiger partial charge in [-0.15, -0.1) is 0 Å². The molecule has 3 aromatic rings. The van der Waals surface area contributed by atoms with Crippen LogP contribution in [-0.4, -0.2) is 43.9 Å². The van der Waals surface area contributed by atoms with Crippen LogP contribution in [0, 0.1) is 10.1 Å². The van der Waals surface area contributed by atoms with Crippen LogP contribution >= 0.6 is 0 Å². The van der Waals surface area contributed by atoms with E-state index < -0.39 is 40.9 Å². The topological polar surface area (TPSA) is 165 Å². The Morgan fingerprint density at radius 1 is 1.15 bits per heavy atom. The molecule has 0 fully saturated rings. The fraction of sp³-hybridized carbons (Fsp3) is 0.360. The zero-order chi connectivity index (χ0) is 28.6. The molecule has 0 aliphatic rings. The van der Waals surface area contributed by atoms with Gasteiger partial charge in [0.1, 0.15) is 24.5 Å². The van der Waals surface area contributed by atoms with Crippen molar-refractivity contribution in [1.82, 2.24) is 20.1 Å². The minimum absolute atomic E-state index is 0.0296. The highest BCUT2D eigenvalue weighted by atomic mass is 19.3. The molecular weight excluding hydrogens is 518 g/mol. The predicted molar refractivity (Wildman–Crippen MR) is 134 cm³/mol. The first-order chi connectivity index (χ1) is 18.4. The molecule has 3 N–H and O–H groups in total. The Hall–Kier alpha value is -4.46. The summed E-state index contributed by atoms with van der Waals surface area (Å²) < 4.78 is 41.1. The van der Waals surface area contributed by atoms with Crippen LogP contribution in [0.2, 0.25) is 0 Å². The molecule has 1 atom stereocenters. The number of nitrogens with one attached hydrogen (secondary N) is 1. The van der Waals surface area contributed by atoms with E-state index in [4.69, 9.17) is 15.2 Å². The normalized spacial score (nSPS) is 12.4. The lowest BCUT2D eigenvalue weighted by molar-refractivity contribution is -0.384. The van der Waals surface area contributed by atoms with Gasteiger partial charge >= 0.3 is 6.16 Å². The average Bonchev–Trinajstić information content (AvgIpc) is 3.35. The maximum atomic E-state index is 14.9. The minimum Gasteiger partial charge on any atom is -0.432 e. The predicted octanol–water partition coefficient (Wildman–Crippen LogP) is 3.87. The molecule has 14 heteroatoms. The van der Waals surface area contributed by atoms with E-state index in [-0.39, 0.29) is 42.4 Å². The smallest absolute Gasteiger partial charge is 0.432 e. The fourth-order valence-electron chi connectivity index (χ4n) is 3.45. The monoisotopic (exact) mass is 546 g/mol. The van der Waals surface area contributed by atoms with Gasteiger partial charge in [-0.1, -0.05) is 30.3 Å². The number of nitrogens with two attached hydrogens (primary N) is 1. The van der Waals surface area contributed by atoms with Crippen LogP contribution in [0.15, 0.2) is 60.9 Å². The molecule has 0 spiro atoms. The van der Waals surface area contributed by atoms with Crippen molar-refractivity contribution in [3.63, 3.8) is 0 Å². The first-order valence-corrected chi connectivity index (χ1v) is 11.9. The Labute approximate surface area is 222 Å². The number of carbonyl (C=O) groups is 2. The van der Waals surface area contributed by atoms with Crippen molar-refractivity contribution in [2.75, 3.05) is 6.61 Å². The lowest BCUT2D eigenvalue weighted by atomic mass is 9.99. The van der Waals surface area contributed by atoms with Gasteiger partial charge in [-0.05, 0) is 32.4 Å². The molecular formula is C25H28F2N6O6. The lowest BCUT2D eigenvalue weighted by Gasteiger charge is -2.26. The van der Waals surface area contributed by atoms with Gasteiger partial charge in [-0.2, -0.15) is 5.10 Å². The van der Waals surface area contributed by atoms with Crippen LogP contribution in [0.4, 0.5) is 19.3 Å². The second-order valence-electron chi connectivity index (χ2n) is 9.15. The van der Waals surface area contributed by atoms with Gasteiger partial charge in [0, 0.05) is 24.1 Å². The standard InChI is InChI=1S/C25H28F2N6O6/c1-24(2,28)22(34)31-20(12-13-25(26,27)17-6-4-3-5-7-17)21-29-16-30-32(21)14-15-38-23(35)39-19-10-8-18(9-11-19)33(36)37/h3-11,16,20H,12-15,28H2,1-2H3,(H,31,34). The van der Waals surface area contributed by atoms with Crippen LogP contribution in [0.3, 0.4) is 0 Å². The highest BCUT2D eigenvalue weighted by Gasteiger charge is 2.35. The van der Waals surface area contributed by atoms with Crippen molar-refractivity contribution in [1.29, 1.82) is 0 Å². The van der Waals surface area contributed by atoms with Gasteiger partial charge in [0.05, 0.1) is 23.0 Å². The van der Waals surface area contributed by atoms with E-state index in [0.29, 0.717) is 0 Å². The molecule has 0 saturated heterocycles. The van der Waals surface area contributed by atoms with E-state index in [2.05, 4.69) is 15.4 Å². The summed E-state index contributed by atoms with van der Waals surface area (Å²) in [7, 11) is 0. The molecule has 2 aromatic carbocycles. The molecule has 0 aliphatic heterocycles. The van der Waals surface area contributed by atoms with Gasteiger partial charge in [0.15, 0.2) is 0 Å². The Kier molecular flexibility index (Phi) is 9.24. The summed E-state index contributed by atoms with van der Waals surface area (Å²) in [4.78, 5) is 38.9. The molecule has 12 nitrogen and oxygen atoms in total. The van der Waals surface area contributed by atoms with E-state index in [1.165, 1.54) is 73.4 Å². The van der Waals surface area contributed by atoms with Crippen LogP contribution in [0.5, 0.6) is 5.75 Å². The highest BCUT2D eigenvalue weighted by Crippen LogP contribution is 2.35. The number of carbonyl (C=O) groups excluding carboxylic acids is 2. The Bertz CT molecular complexity index is 1280. The number of amides is 1. The summed E-state index contributed by atoms with van der Waals surface area (Å²) in [6.45, 7) is 2.70. The third-order valence-corrected chi connectivity index (χ3v) is 5.56. The van der Waals surface area contributed by atoms with Gasteiger partial charge < -0.3 is 20.5 Å². The number of nitro groups is 1. The number of ether oxygens (including phenoxy) is 2. The summed E-state index contributed by atoms with van der Waals surface area (Å²) in [5.41, 5.74) is 4.27. The fourth-order valence-corrected chi connectivity index (χ4v) is 3.45. The van der Waals surface area contributed by atoms with Crippen LogP contribution in [0.1, 0.15) is 44.1 Å².